The highest BCUT2D eigenvalue weighted by Crippen LogP contribution is 2.23. The second-order valence-electron chi connectivity index (χ2n) is 5.70. The fourth-order valence-corrected chi connectivity index (χ4v) is 3.02. The zero-order valence-corrected chi connectivity index (χ0v) is 12.9. The van der Waals surface area contributed by atoms with Gasteiger partial charge in [0.25, 0.3) is 0 Å². The van der Waals surface area contributed by atoms with Crippen molar-refractivity contribution in [2.45, 2.75) is 51.3 Å². The Bertz CT molecular complexity index is 458. The molecule has 21 heavy (non-hydrogen) atoms. The van der Waals surface area contributed by atoms with Gasteiger partial charge in [0.1, 0.15) is 0 Å². The van der Waals surface area contributed by atoms with Crippen LogP contribution in [0, 0.1) is 0 Å². The summed E-state index contributed by atoms with van der Waals surface area (Å²) in [4.78, 5) is 13.8. The van der Waals surface area contributed by atoms with Gasteiger partial charge >= 0.3 is 5.97 Å². The number of ether oxygens (including phenoxy) is 1. The van der Waals surface area contributed by atoms with Crippen molar-refractivity contribution in [1.29, 1.82) is 0 Å². The number of aliphatic hydroxyl groups excluding tert-OH is 1. The monoisotopic (exact) mass is 291 g/mol. The van der Waals surface area contributed by atoms with Gasteiger partial charge in [0, 0.05) is 12.6 Å². The maximum atomic E-state index is 11.4. The molecule has 0 bridgehead atoms. The van der Waals surface area contributed by atoms with Crippen molar-refractivity contribution >= 4 is 5.97 Å². The highest BCUT2D eigenvalue weighted by Gasteiger charge is 2.27. The molecule has 1 aromatic rings. The first kappa shape index (κ1) is 16.0. The van der Waals surface area contributed by atoms with Crippen molar-refractivity contribution in [2.24, 2.45) is 0 Å². The summed E-state index contributed by atoms with van der Waals surface area (Å²) in [5.41, 5.74) is 1.74. The Morgan fingerprint density at radius 2 is 2.10 bits per heavy atom. The zero-order chi connectivity index (χ0) is 15.2. The van der Waals surface area contributed by atoms with Crippen molar-refractivity contribution in [1.82, 2.24) is 4.90 Å². The number of aliphatic hydroxyl groups is 1. The van der Waals surface area contributed by atoms with Crippen LogP contribution in [0.3, 0.4) is 0 Å². The van der Waals surface area contributed by atoms with E-state index in [1.54, 1.807) is 12.1 Å². The van der Waals surface area contributed by atoms with Crippen LogP contribution in [0.25, 0.3) is 0 Å². The first-order chi connectivity index (χ1) is 10.2. The number of carbonyl (C=O) groups is 1. The lowest BCUT2D eigenvalue weighted by Gasteiger charge is -2.38. The second-order valence-corrected chi connectivity index (χ2v) is 5.70. The third-order valence-electron chi connectivity index (χ3n) is 4.29. The van der Waals surface area contributed by atoms with Crippen LogP contribution in [-0.4, -0.2) is 41.8 Å². The molecule has 1 aliphatic rings. The van der Waals surface area contributed by atoms with E-state index in [1.165, 1.54) is 20.0 Å². The quantitative estimate of drug-likeness (QED) is 0.847. The molecule has 0 spiro atoms. The van der Waals surface area contributed by atoms with Crippen molar-refractivity contribution in [3.63, 3.8) is 0 Å². The van der Waals surface area contributed by atoms with Crippen LogP contribution in [0.2, 0.25) is 0 Å². The molecule has 0 aliphatic carbocycles. The number of piperidine rings is 1. The van der Waals surface area contributed by atoms with Crippen molar-refractivity contribution in [2.75, 3.05) is 13.7 Å². The lowest BCUT2D eigenvalue weighted by atomic mass is 9.95. The van der Waals surface area contributed by atoms with Gasteiger partial charge < -0.3 is 9.84 Å². The molecule has 1 aliphatic heterocycles. The van der Waals surface area contributed by atoms with Crippen molar-refractivity contribution in [3.8, 4) is 0 Å². The van der Waals surface area contributed by atoms with Gasteiger partial charge in [-0.3, -0.25) is 4.90 Å². The van der Waals surface area contributed by atoms with E-state index in [0.29, 0.717) is 5.56 Å². The maximum absolute atomic E-state index is 11.4. The summed E-state index contributed by atoms with van der Waals surface area (Å²) in [6.45, 7) is 3.88. The summed E-state index contributed by atoms with van der Waals surface area (Å²) in [6.07, 6.45) is 3.99. The highest BCUT2D eigenvalue weighted by molar-refractivity contribution is 5.89. The number of carbonyl (C=O) groups excluding carboxylic acids is 1. The van der Waals surface area contributed by atoms with E-state index in [2.05, 4.69) is 4.90 Å². The lowest BCUT2D eigenvalue weighted by molar-refractivity contribution is 0.0195. The number of rotatable bonds is 5. The molecule has 2 rings (SSSR count). The minimum absolute atomic E-state index is 0.250. The fraction of sp³-hybridized carbons (Fsp3) is 0.588. The van der Waals surface area contributed by atoms with E-state index >= 15 is 0 Å². The molecular weight excluding hydrogens is 266 g/mol. The van der Waals surface area contributed by atoms with Crippen LogP contribution >= 0.6 is 0 Å². The Balaban J connectivity index is 2.03. The fourth-order valence-electron chi connectivity index (χ4n) is 3.02. The van der Waals surface area contributed by atoms with Crippen LogP contribution < -0.4 is 0 Å². The molecule has 1 heterocycles. The molecule has 2 unspecified atom stereocenters. The molecular formula is C17H25NO3. The van der Waals surface area contributed by atoms with Crippen molar-refractivity contribution < 1.29 is 14.6 Å². The molecule has 116 valence electrons. The number of likely N-dealkylation sites (tertiary alicyclic amines) is 1. The first-order valence-corrected chi connectivity index (χ1v) is 7.75. The molecule has 1 aromatic carbocycles. The van der Waals surface area contributed by atoms with Crippen LogP contribution in [0.5, 0.6) is 0 Å². The number of esters is 1. The van der Waals surface area contributed by atoms with Gasteiger partial charge in [-0.15, -0.1) is 0 Å². The smallest absolute Gasteiger partial charge is 0.337 e. The van der Waals surface area contributed by atoms with E-state index < -0.39 is 0 Å². The SMILES string of the molecule is CCC(O)C1CCCCN1Cc1ccc(C(=O)OC)cc1. The number of methoxy groups -OCH3 is 1. The third kappa shape index (κ3) is 4.05. The summed E-state index contributed by atoms with van der Waals surface area (Å²) in [5, 5.41) is 10.2. The van der Waals surface area contributed by atoms with Gasteiger partial charge in [0.15, 0.2) is 0 Å². The molecule has 4 heteroatoms. The Hall–Kier alpha value is -1.39. The molecule has 0 radical (unpaired) electrons. The topological polar surface area (TPSA) is 49.8 Å². The van der Waals surface area contributed by atoms with Crippen LogP contribution in [-0.2, 0) is 11.3 Å². The predicted octanol–water partition coefficient (Wildman–Crippen LogP) is 2.60. The average Bonchev–Trinajstić information content (AvgIpc) is 2.54. The summed E-state index contributed by atoms with van der Waals surface area (Å²) >= 11 is 0. The number of hydrogen-bond donors (Lipinski definition) is 1. The first-order valence-electron chi connectivity index (χ1n) is 7.75. The van der Waals surface area contributed by atoms with E-state index in [-0.39, 0.29) is 18.1 Å². The van der Waals surface area contributed by atoms with Crippen LogP contribution in [0.15, 0.2) is 24.3 Å². The summed E-state index contributed by atoms with van der Waals surface area (Å²) < 4.78 is 4.71. The normalized spacial score (nSPS) is 21.0. The molecule has 0 amide bonds. The number of benzene rings is 1. The predicted molar refractivity (Wildman–Crippen MR) is 82.1 cm³/mol. The van der Waals surface area contributed by atoms with E-state index in [4.69, 9.17) is 4.74 Å². The Kier molecular flexibility index (Phi) is 5.76. The average molecular weight is 291 g/mol. The molecule has 1 saturated heterocycles. The highest BCUT2D eigenvalue weighted by atomic mass is 16.5. The van der Waals surface area contributed by atoms with E-state index in [0.717, 1.165) is 31.5 Å². The van der Waals surface area contributed by atoms with Gasteiger partial charge in [-0.2, -0.15) is 0 Å². The Morgan fingerprint density at radius 3 is 2.71 bits per heavy atom. The van der Waals surface area contributed by atoms with Gasteiger partial charge in [0.2, 0.25) is 0 Å². The molecule has 0 aromatic heterocycles. The van der Waals surface area contributed by atoms with Gasteiger partial charge in [-0.1, -0.05) is 25.5 Å². The van der Waals surface area contributed by atoms with E-state index in [9.17, 15) is 9.90 Å². The second kappa shape index (κ2) is 7.57. The van der Waals surface area contributed by atoms with Crippen molar-refractivity contribution in [3.05, 3.63) is 35.4 Å². The minimum Gasteiger partial charge on any atom is -0.465 e. The Labute approximate surface area is 126 Å². The molecule has 0 saturated carbocycles. The summed E-state index contributed by atoms with van der Waals surface area (Å²) in [7, 11) is 1.39. The lowest BCUT2D eigenvalue weighted by Crippen LogP contribution is -2.46. The van der Waals surface area contributed by atoms with Crippen LogP contribution in [0.4, 0.5) is 0 Å². The Morgan fingerprint density at radius 1 is 1.38 bits per heavy atom. The molecule has 2 atom stereocenters. The molecule has 4 nitrogen and oxygen atoms in total. The zero-order valence-electron chi connectivity index (χ0n) is 12.9. The number of nitrogens with zero attached hydrogens (tertiary/aromatic N) is 1. The van der Waals surface area contributed by atoms with Crippen LogP contribution in [0.1, 0.15) is 48.5 Å². The summed E-state index contributed by atoms with van der Waals surface area (Å²) in [5.74, 6) is -0.307. The molecule has 1 fully saturated rings. The van der Waals surface area contributed by atoms with Gasteiger partial charge in [-0.25, -0.2) is 4.79 Å². The number of hydrogen-bond acceptors (Lipinski definition) is 4. The van der Waals surface area contributed by atoms with Gasteiger partial charge in [0.05, 0.1) is 18.8 Å². The third-order valence-corrected chi connectivity index (χ3v) is 4.29. The van der Waals surface area contributed by atoms with Gasteiger partial charge in [-0.05, 0) is 43.5 Å². The van der Waals surface area contributed by atoms with E-state index in [1.807, 2.05) is 19.1 Å². The standard InChI is InChI=1S/C17H25NO3/c1-3-16(19)15-6-4-5-11-18(15)12-13-7-9-14(10-8-13)17(20)21-2/h7-10,15-16,19H,3-6,11-12H2,1-2H3. The summed E-state index contributed by atoms with van der Waals surface area (Å²) in [6, 6.07) is 7.79. The maximum Gasteiger partial charge on any atom is 0.337 e. The minimum atomic E-state index is -0.307. The molecule has 1 N–H and O–H groups in total. The largest absolute Gasteiger partial charge is 0.465 e.